The Morgan fingerprint density at radius 3 is 2.75 bits per heavy atom. The number of nitrogen functional groups attached to an aromatic ring is 1. The van der Waals surface area contributed by atoms with E-state index in [1.165, 1.54) is 0 Å². The minimum atomic E-state index is 0.235. The van der Waals surface area contributed by atoms with Gasteiger partial charge in [0.1, 0.15) is 0 Å². The molecule has 0 atom stereocenters. The molecule has 0 aliphatic carbocycles. The maximum atomic E-state index is 5.38. The van der Waals surface area contributed by atoms with Gasteiger partial charge in [-0.2, -0.15) is 20.1 Å². The van der Waals surface area contributed by atoms with Crippen molar-refractivity contribution in [2.45, 2.75) is 19.9 Å². The fraction of sp³-hybridized carbons (Fsp3) is 0.455. The molecule has 0 amide bonds. The second-order valence-electron chi connectivity index (χ2n) is 4.09. The van der Waals surface area contributed by atoms with Crippen molar-refractivity contribution in [1.82, 2.24) is 24.7 Å². The summed E-state index contributed by atoms with van der Waals surface area (Å²) in [6.07, 6.45) is 2.74. The number of nitrogens with zero attached hydrogens (tertiary/aromatic N) is 5. The number of aromatic nitrogens is 5. The SMILES string of the molecule is CCCOc1nc(NN)nc(NCc2ccn(C)n2)n1. The van der Waals surface area contributed by atoms with Gasteiger partial charge in [0.15, 0.2) is 0 Å². The maximum absolute atomic E-state index is 5.38. The van der Waals surface area contributed by atoms with E-state index in [1.807, 2.05) is 26.2 Å². The third kappa shape index (κ3) is 3.79. The molecule has 0 radical (unpaired) electrons. The van der Waals surface area contributed by atoms with Crippen molar-refractivity contribution < 1.29 is 4.74 Å². The smallest absolute Gasteiger partial charge is 0.323 e. The molecule has 2 aromatic heterocycles. The van der Waals surface area contributed by atoms with E-state index in [2.05, 4.69) is 30.8 Å². The van der Waals surface area contributed by atoms with Crippen molar-refractivity contribution in [3.8, 4) is 6.01 Å². The zero-order valence-electron chi connectivity index (χ0n) is 11.5. The second kappa shape index (κ2) is 6.66. The standard InChI is InChI=1S/C11H18N8O/c1-3-6-20-11-15-9(14-10(16-11)17-12)13-7-8-4-5-19(2)18-8/h4-5H,3,6-7,12H2,1-2H3,(H2,13,14,15,16,17). The van der Waals surface area contributed by atoms with Crippen molar-refractivity contribution in [2.75, 3.05) is 17.3 Å². The Bertz CT molecular complexity index is 555. The van der Waals surface area contributed by atoms with Gasteiger partial charge in [-0.05, 0) is 12.5 Å². The second-order valence-corrected chi connectivity index (χ2v) is 4.09. The molecule has 4 N–H and O–H groups in total. The number of anilines is 2. The van der Waals surface area contributed by atoms with Crippen LogP contribution in [0.3, 0.4) is 0 Å². The number of nitrogens with one attached hydrogen (secondary N) is 2. The lowest BCUT2D eigenvalue weighted by molar-refractivity contribution is 0.292. The number of aryl methyl sites for hydroxylation is 1. The van der Waals surface area contributed by atoms with Crippen molar-refractivity contribution in [3.05, 3.63) is 18.0 Å². The van der Waals surface area contributed by atoms with Crippen molar-refractivity contribution >= 4 is 11.9 Å². The Balaban J connectivity index is 2.05. The number of nitrogens with two attached hydrogens (primary N) is 1. The fourth-order valence-corrected chi connectivity index (χ4v) is 1.49. The van der Waals surface area contributed by atoms with Crippen LogP contribution in [0.25, 0.3) is 0 Å². The molecule has 0 aromatic carbocycles. The first-order valence-electron chi connectivity index (χ1n) is 6.29. The Kier molecular flexibility index (Phi) is 4.66. The number of ether oxygens (including phenoxy) is 1. The maximum Gasteiger partial charge on any atom is 0.323 e. The number of hydrogen-bond acceptors (Lipinski definition) is 8. The molecule has 108 valence electrons. The predicted octanol–water partition coefficient (Wildman–Crippen LogP) is 0.292. The molecule has 0 aliphatic heterocycles. The first-order valence-corrected chi connectivity index (χ1v) is 6.29. The van der Waals surface area contributed by atoms with Crippen LogP contribution in [0.4, 0.5) is 11.9 Å². The Morgan fingerprint density at radius 2 is 2.10 bits per heavy atom. The summed E-state index contributed by atoms with van der Waals surface area (Å²) in [4.78, 5) is 12.3. The first-order chi connectivity index (χ1) is 9.71. The molecule has 0 aliphatic rings. The minimum absolute atomic E-state index is 0.235. The highest BCUT2D eigenvalue weighted by Crippen LogP contribution is 2.11. The molecular formula is C11H18N8O. The molecule has 0 fully saturated rings. The van der Waals surface area contributed by atoms with Gasteiger partial charge in [-0.25, -0.2) is 5.84 Å². The van der Waals surface area contributed by atoms with E-state index in [0.29, 0.717) is 19.1 Å². The van der Waals surface area contributed by atoms with E-state index in [0.717, 1.165) is 12.1 Å². The van der Waals surface area contributed by atoms with E-state index in [9.17, 15) is 0 Å². The van der Waals surface area contributed by atoms with Gasteiger partial charge < -0.3 is 10.1 Å². The van der Waals surface area contributed by atoms with E-state index in [-0.39, 0.29) is 12.0 Å². The average molecular weight is 278 g/mol. The lowest BCUT2D eigenvalue weighted by atomic mass is 10.4. The number of hydrazine groups is 1. The molecule has 0 saturated heterocycles. The van der Waals surface area contributed by atoms with E-state index in [1.54, 1.807) is 4.68 Å². The van der Waals surface area contributed by atoms with E-state index >= 15 is 0 Å². The summed E-state index contributed by atoms with van der Waals surface area (Å²) in [5, 5.41) is 7.30. The van der Waals surface area contributed by atoms with E-state index < -0.39 is 0 Å². The molecule has 2 heterocycles. The molecule has 2 rings (SSSR count). The summed E-state index contributed by atoms with van der Waals surface area (Å²) in [5.74, 6) is 5.95. The molecule has 0 saturated carbocycles. The van der Waals surface area contributed by atoms with Gasteiger partial charge in [0.05, 0.1) is 18.8 Å². The van der Waals surface area contributed by atoms with Crippen LogP contribution in [0.15, 0.2) is 12.3 Å². The van der Waals surface area contributed by atoms with Crippen LogP contribution >= 0.6 is 0 Å². The Hall–Kier alpha value is -2.42. The van der Waals surface area contributed by atoms with Crippen molar-refractivity contribution in [3.63, 3.8) is 0 Å². The van der Waals surface area contributed by atoms with Crippen LogP contribution in [0.2, 0.25) is 0 Å². The van der Waals surface area contributed by atoms with Gasteiger partial charge in [-0.15, -0.1) is 0 Å². The van der Waals surface area contributed by atoms with Gasteiger partial charge in [0.25, 0.3) is 0 Å². The highest BCUT2D eigenvalue weighted by atomic mass is 16.5. The van der Waals surface area contributed by atoms with Crippen LogP contribution in [-0.4, -0.2) is 31.3 Å². The van der Waals surface area contributed by atoms with Gasteiger partial charge in [-0.3, -0.25) is 10.1 Å². The zero-order chi connectivity index (χ0) is 14.4. The topological polar surface area (TPSA) is 116 Å². The lowest BCUT2D eigenvalue weighted by Gasteiger charge is -2.08. The third-order valence-electron chi connectivity index (χ3n) is 2.38. The molecule has 0 unspecified atom stereocenters. The van der Waals surface area contributed by atoms with Crippen LogP contribution in [0.1, 0.15) is 19.0 Å². The highest BCUT2D eigenvalue weighted by molar-refractivity contribution is 5.35. The van der Waals surface area contributed by atoms with Gasteiger partial charge >= 0.3 is 6.01 Å². The average Bonchev–Trinajstić information content (AvgIpc) is 2.88. The minimum Gasteiger partial charge on any atom is -0.463 e. The number of rotatable bonds is 7. The fourth-order valence-electron chi connectivity index (χ4n) is 1.49. The van der Waals surface area contributed by atoms with Crippen molar-refractivity contribution in [1.29, 1.82) is 0 Å². The lowest BCUT2D eigenvalue weighted by Crippen LogP contribution is -2.14. The van der Waals surface area contributed by atoms with Crippen molar-refractivity contribution in [2.24, 2.45) is 12.9 Å². The van der Waals surface area contributed by atoms with Gasteiger partial charge in [-0.1, -0.05) is 6.92 Å². The normalized spacial score (nSPS) is 10.3. The van der Waals surface area contributed by atoms with Crippen LogP contribution in [-0.2, 0) is 13.6 Å². The Labute approximate surface area is 116 Å². The largest absolute Gasteiger partial charge is 0.463 e. The highest BCUT2D eigenvalue weighted by Gasteiger charge is 2.07. The summed E-state index contributed by atoms with van der Waals surface area (Å²) >= 11 is 0. The molecular weight excluding hydrogens is 260 g/mol. The summed E-state index contributed by atoms with van der Waals surface area (Å²) in [6.45, 7) is 3.04. The summed E-state index contributed by atoms with van der Waals surface area (Å²) in [6, 6.07) is 2.14. The third-order valence-corrected chi connectivity index (χ3v) is 2.38. The zero-order valence-corrected chi connectivity index (χ0v) is 11.5. The molecule has 0 spiro atoms. The summed E-state index contributed by atoms with van der Waals surface area (Å²) in [7, 11) is 1.86. The van der Waals surface area contributed by atoms with Crippen LogP contribution in [0, 0.1) is 0 Å². The summed E-state index contributed by atoms with van der Waals surface area (Å²) in [5.41, 5.74) is 3.27. The van der Waals surface area contributed by atoms with Crippen LogP contribution in [0.5, 0.6) is 6.01 Å². The number of hydrogen-bond donors (Lipinski definition) is 3. The van der Waals surface area contributed by atoms with E-state index in [4.69, 9.17) is 10.6 Å². The monoisotopic (exact) mass is 278 g/mol. The quantitative estimate of drug-likeness (QED) is 0.489. The van der Waals surface area contributed by atoms with Gasteiger partial charge in [0.2, 0.25) is 11.9 Å². The Morgan fingerprint density at radius 1 is 1.30 bits per heavy atom. The molecule has 9 nitrogen and oxygen atoms in total. The van der Waals surface area contributed by atoms with Gasteiger partial charge in [0, 0.05) is 13.2 Å². The molecule has 9 heteroatoms. The molecule has 2 aromatic rings. The molecule has 0 bridgehead atoms. The van der Waals surface area contributed by atoms with Crippen LogP contribution < -0.4 is 21.3 Å². The predicted molar refractivity (Wildman–Crippen MR) is 74.0 cm³/mol. The molecule has 20 heavy (non-hydrogen) atoms. The summed E-state index contributed by atoms with van der Waals surface area (Å²) < 4.78 is 7.11. The first kappa shape index (κ1) is 14.0.